The molecule has 2 aromatic carbocycles. The third-order valence-corrected chi connectivity index (χ3v) is 4.93. The maximum absolute atomic E-state index is 12.7. The van der Waals surface area contributed by atoms with Gasteiger partial charge in [-0.05, 0) is 54.3 Å². The maximum atomic E-state index is 12.7. The molecule has 7 nitrogen and oxygen atoms in total. The lowest BCUT2D eigenvalue weighted by Crippen LogP contribution is -2.23. The molecule has 0 aliphatic carbocycles. The van der Waals surface area contributed by atoms with Crippen LogP contribution in [0.5, 0.6) is 11.6 Å². The number of amides is 1. The van der Waals surface area contributed by atoms with Gasteiger partial charge in [0.05, 0.1) is 6.10 Å². The van der Waals surface area contributed by atoms with Gasteiger partial charge >= 0.3 is 0 Å². The van der Waals surface area contributed by atoms with Crippen molar-refractivity contribution in [1.82, 2.24) is 10.3 Å². The van der Waals surface area contributed by atoms with Gasteiger partial charge < -0.3 is 15.2 Å². The van der Waals surface area contributed by atoms with Crippen molar-refractivity contribution < 1.29 is 14.6 Å². The molecule has 0 radical (unpaired) electrons. The molecule has 0 spiro atoms. The van der Waals surface area contributed by atoms with Crippen molar-refractivity contribution in [2.75, 3.05) is 0 Å². The van der Waals surface area contributed by atoms with Gasteiger partial charge in [0.15, 0.2) is 0 Å². The average Bonchev–Trinajstić information content (AvgIpc) is 2.82. The molecule has 2 N–H and O–H groups in total. The van der Waals surface area contributed by atoms with Crippen molar-refractivity contribution in [2.24, 2.45) is 5.18 Å². The van der Waals surface area contributed by atoms with E-state index >= 15 is 0 Å². The van der Waals surface area contributed by atoms with Crippen LogP contribution in [0, 0.1) is 4.91 Å². The summed E-state index contributed by atoms with van der Waals surface area (Å²) in [5.41, 5.74) is 2.77. The van der Waals surface area contributed by atoms with Crippen LogP contribution in [-0.4, -0.2) is 16.0 Å². The van der Waals surface area contributed by atoms with Gasteiger partial charge in [-0.25, -0.2) is 4.98 Å². The highest BCUT2D eigenvalue weighted by Crippen LogP contribution is 2.27. The molecule has 0 bridgehead atoms. The maximum Gasteiger partial charge on any atom is 0.257 e. The van der Waals surface area contributed by atoms with E-state index in [4.69, 9.17) is 4.74 Å². The molecule has 3 rings (SSSR count). The number of ether oxygens (including phenoxy) is 1. The zero-order valence-electron chi connectivity index (χ0n) is 17.5. The van der Waals surface area contributed by atoms with Crippen LogP contribution in [0.3, 0.4) is 0 Å². The molecule has 31 heavy (non-hydrogen) atoms. The van der Waals surface area contributed by atoms with Crippen LogP contribution in [0.25, 0.3) is 0 Å². The zero-order chi connectivity index (χ0) is 22.2. The Kier molecular flexibility index (Phi) is 7.45. The largest absolute Gasteiger partial charge is 0.438 e. The monoisotopic (exact) mass is 419 g/mol. The summed E-state index contributed by atoms with van der Waals surface area (Å²) in [7, 11) is 0. The second kappa shape index (κ2) is 10.4. The molecule has 1 amide bonds. The first-order valence-electron chi connectivity index (χ1n) is 10.1. The van der Waals surface area contributed by atoms with E-state index in [1.54, 1.807) is 49.5 Å². The van der Waals surface area contributed by atoms with Gasteiger partial charge in [0.2, 0.25) is 5.88 Å². The molecule has 0 aliphatic rings. The van der Waals surface area contributed by atoms with Gasteiger partial charge in [0.25, 0.3) is 5.91 Å². The molecule has 160 valence electrons. The third kappa shape index (κ3) is 5.73. The second-order valence-electron chi connectivity index (χ2n) is 7.16. The van der Waals surface area contributed by atoms with Crippen LogP contribution in [0.4, 0.5) is 0 Å². The first-order valence-corrected chi connectivity index (χ1v) is 10.1. The molecule has 0 saturated heterocycles. The van der Waals surface area contributed by atoms with Crippen LogP contribution < -0.4 is 10.1 Å². The third-order valence-electron chi connectivity index (χ3n) is 4.93. The number of aliphatic hydroxyl groups excluding tert-OH is 1. The summed E-state index contributed by atoms with van der Waals surface area (Å²) in [5.74, 6) is 0.316. The number of benzene rings is 2. The first-order chi connectivity index (χ1) is 15.0. The van der Waals surface area contributed by atoms with Crippen molar-refractivity contribution in [3.8, 4) is 11.6 Å². The van der Waals surface area contributed by atoms with E-state index in [-0.39, 0.29) is 11.8 Å². The van der Waals surface area contributed by atoms with E-state index < -0.39 is 12.1 Å². The number of nitrogens with one attached hydrogen (secondary N) is 1. The molecule has 1 aromatic heterocycles. The normalized spacial score (nSPS) is 12.6. The number of pyridine rings is 1. The summed E-state index contributed by atoms with van der Waals surface area (Å²) in [6.07, 6.45) is 1.71. The molecular weight excluding hydrogens is 394 g/mol. The second-order valence-corrected chi connectivity index (χ2v) is 7.16. The topological polar surface area (TPSA) is 101 Å². The van der Waals surface area contributed by atoms with E-state index in [1.165, 1.54) is 0 Å². The van der Waals surface area contributed by atoms with E-state index in [0.717, 1.165) is 11.1 Å². The Balaban J connectivity index is 1.70. The fourth-order valence-corrected chi connectivity index (χ4v) is 3.03. The Morgan fingerprint density at radius 1 is 1.13 bits per heavy atom. The minimum atomic E-state index is -0.500. The van der Waals surface area contributed by atoms with Gasteiger partial charge in [0.1, 0.15) is 17.4 Å². The van der Waals surface area contributed by atoms with Crippen LogP contribution in [-0.2, 0) is 6.54 Å². The number of carbonyl (C=O) groups excluding carboxylic acids is 1. The molecule has 2 unspecified atom stereocenters. The number of aliphatic hydroxyl groups is 1. The Morgan fingerprint density at radius 2 is 1.90 bits per heavy atom. The highest BCUT2D eigenvalue weighted by atomic mass is 16.5. The summed E-state index contributed by atoms with van der Waals surface area (Å²) in [6.45, 7) is 3.94. The summed E-state index contributed by atoms with van der Waals surface area (Å²) in [6, 6.07) is 17.2. The number of hydrogen-bond donors (Lipinski definition) is 2. The van der Waals surface area contributed by atoms with Crippen LogP contribution in [0.2, 0.25) is 0 Å². The van der Waals surface area contributed by atoms with E-state index in [1.807, 2.05) is 31.2 Å². The van der Waals surface area contributed by atoms with Crippen LogP contribution in [0.1, 0.15) is 59.5 Å². The lowest BCUT2D eigenvalue weighted by atomic mass is 10.1. The molecule has 1 heterocycles. The van der Waals surface area contributed by atoms with E-state index in [2.05, 4.69) is 15.5 Å². The van der Waals surface area contributed by atoms with E-state index in [0.29, 0.717) is 29.8 Å². The predicted octanol–water partition coefficient (Wildman–Crippen LogP) is 5.07. The van der Waals surface area contributed by atoms with Gasteiger partial charge in [-0.3, -0.25) is 4.79 Å². The number of aromatic nitrogens is 1. The highest BCUT2D eigenvalue weighted by Gasteiger charge is 2.15. The van der Waals surface area contributed by atoms with Crippen molar-refractivity contribution in [2.45, 2.75) is 39.0 Å². The van der Waals surface area contributed by atoms with Gasteiger partial charge in [-0.15, -0.1) is 0 Å². The van der Waals surface area contributed by atoms with Crippen molar-refractivity contribution in [1.29, 1.82) is 0 Å². The Labute approximate surface area is 181 Å². The standard InChI is InChI=1S/C24H25N3O4/c1-3-22(28)18-11-9-17(10-12-18)15-26-23(29)21-8-5-13-25-24(21)31-20-7-4-6-19(14-20)16(2)27-30/h4-14,16,22,28H,3,15H2,1-2H3,(H,26,29). The minimum Gasteiger partial charge on any atom is -0.438 e. The van der Waals surface area contributed by atoms with Gasteiger partial charge in [-0.2, -0.15) is 4.91 Å². The van der Waals surface area contributed by atoms with E-state index in [9.17, 15) is 14.8 Å². The average molecular weight is 419 g/mol. The van der Waals surface area contributed by atoms with Gasteiger partial charge in [-0.1, -0.05) is 48.5 Å². The quantitative estimate of drug-likeness (QED) is 0.471. The minimum absolute atomic E-state index is 0.172. The molecule has 2 atom stereocenters. The Bertz CT molecular complexity index is 1040. The lowest BCUT2D eigenvalue weighted by molar-refractivity contribution is 0.0948. The van der Waals surface area contributed by atoms with Crippen LogP contribution in [0.15, 0.2) is 72.0 Å². The molecule has 0 saturated carbocycles. The first kappa shape index (κ1) is 22.1. The zero-order valence-corrected chi connectivity index (χ0v) is 17.5. The summed E-state index contributed by atoms with van der Waals surface area (Å²) in [4.78, 5) is 27.7. The fourth-order valence-electron chi connectivity index (χ4n) is 3.03. The number of carbonyl (C=O) groups is 1. The summed E-state index contributed by atoms with van der Waals surface area (Å²) >= 11 is 0. The Morgan fingerprint density at radius 3 is 2.61 bits per heavy atom. The van der Waals surface area contributed by atoms with Crippen molar-refractivity contribution in [3.63, 3.8) is 0 Å². The van der Waals surface area contributed by atoms with Crippen molar-refractivity contribution in [3.05, 3.63) is 94.0 Å². The molecule has 7 heteroatoms. The molecule has 0 fully saturated rings. The fraction of sp³-hybridized carbons (Fsp3) is 0.250. The SMILES string of the molecule is CCC(O)c1ccc(CNC(=O)c2cccnc2Oc2cccc(C(C)N=O)c2)cc1. The van der Waals surface area contributed by atoms with Crippen LogP contribution >= 0.6 is 0 Å². The number of nitrogens with zero attached hydrogens (tertiary/aromatic N) is 2. The number of hydrogen-bond acceptors (Lipinski definition) is 6. The molecular formula is C24H25N3O4. The van der Waals surface area contributed by atoms with Gasteiger partial charge in [0, 0.05) is 12.7 Å². The summed E-state index contributed by atoms with van der Waals surface area (Å²) in [5, 5.41) is 15.8. The van der Waals surface area contributed by atoms with Crippen molar-refractivity contribution >= 4 is 5.91 Å². The summed E-state index contributed by atoms with van der Waals surface area (Å²) < 4.78 is 5.83. The lowest BCUT2D eigenvalue weighted by Gasteiger charge is -2.12. The number of nitroso groups, excluding NO2 is 1. The predicted molar refractivity (Wildman–Crippen MR) is 118 cm³/mol. The Hall–Kier alpha value is -3.58. The smallest absolute Gasteiger partial charge is 0.257 e. The molecule has 0 aliphatic heterocycles. The highest BCUT2D eigenvalue weighted by molar-refractivity contribution is 5.96. The number of rotatable bonds is 9. The molecule has 3 aromatic rings.